The average molecular weight is 495 g/mol. The number of carbonyl (C=O) groups is 2. The Labute approximate surface area is 200 Å². The number of nitrogens with two attached hydrogens (primary N) is 1. The molecule has 10 nitrogen and oxygen atoms in total. The van der Waals surface area contributed by atoms with Gasteiger partial charge in [0.05, 0.1) is 25.8 Å². The second-order valence-corrected chi connectivity index (χ2v) is 8.49. The Morgan fingerprint density at radius 1 is 1.31 bits per heavy atom. The third-order valence-electron chi connectivity index (χ3n) is 5.62. The van der Waals surface area contributed by atoms with E-state index in [0.717, 1.165) is 12.8 Å². The number of rotatable bonds is 11. The lowest BCUT2D eigenvalue weighted by Gasteiger charge is -2.32. The van der Waals surface area contributed by atoms with Gasteiger partial charge < -0.3 is 34.0 Å². The minimum Gasteiger partial charge on any atom is -0.489 e. The van der Waals surface area contributed by atoms with Crippen LogP contribution in [0.5, 0.6) is 11.5 Å². The highest BCUT2D eigenvalue weighted by Crippen LogP contribution is 2.37. The molecule has 1 amide bonds. The van der Waals surface area contributed by atoms with Crippen LogP contribution < -0.4 is 15.2 Å². The Morgan fingerprint density at radius 3 is 2.80 bits per heavy atom. The summed E-state index contributed by atoms with van der Waals surface area (Å²) in [6, 6.07) is 3.69. The molecule has 1 aromatic heterocycles. The van der Waals surface area contributed by atoms with Crippen LogP contribution in [0.15, 0.2) is 22.6 Å². The lowest BCUT2D eigenvalue weighted by molar-refractivity contribution is -0.135. The molecule has 0 radical (unpaired) electrons. The first kappa shape index (κ1) is 24.9. The molecule has 1 saturated carbocycles. The maximum absolute atomic E-state index is 13.3. The Hall–Kier alpha value is -3.25. The molecule has 0 bridgehead atoms. The zero-order chi connectivity index (χ0) is 24.9. The fourth-order valence-corrected chi connectivity index (χ4v) is 3.66. The van der Waals surface area contributed by atoms with Gasteiger partial charge in [-0.05, 0) is 43.9 Å². The monoisotopic (exact) mass is 495 g/mol. The predicted molar refractivity (Wildman–Crippen MR) is 117 cm³/mol. The molecule has 1 saturated heterocycles. The van der Waals surface area contributed by atoms with Gasteiger partial charge in [-0.15, -0.1) is 0 Å². The third kappa shape index (κ3) is 6.25. The van der Waals surface area contributed by atoms with E-state index < -0.39 is 24.7 Å². The Bertz CT molecular complexity index is 1040. The number of morpholine rings is 1. The minimum atomic E-state index is -3.01. The van der Waals surface area contributed by atoms with Crippen LogP contribution in [0.25, 0.3) is 11.5 Å². The number of halogens is 2. The Morgan fingerprint density at radius 2 is 2.11 bits per heavy atom. The molecule has 2 aliphatic rings. The number of oxazole rings is 1. The van der Waals surface area contributed by atoms with Gasteiger partial charge in [0.2, 0.25) is 5.89 Å². The van der Waals surface area contributed by atoms with Gasteiger partial charge in [0.1, 0.15) is 12.7 Å². The normalized spacial score (nSPS) is 18.9. The molecule has 2 aromatic rings. The second-order valence-electron chi connectivity index (χ2n) is 8.49. The SMILES string of the molecule is C[C@H](N)c1oc(-c2ccc(OC(F)F)c(OCC3CC3)c2)nc1C(=O)N1CCOC(COC=O)C1. The highest BCUT2D eigenvalue weighted by atomic mass is 19.3. The molecule has 190 valence electrons. The van der Waals surface area contributed by atoms with E-state index >= 15 is 0 Å². The molecule has 1 aliphatic carbocycles. The minimum absolute atomic E-state index is 0.0220. The molecule has 1 aromatic carbocycles. The summed E-state index contributed by atoms with van der Waals surface area (Å²) in [5, 5.41) is 0. The van der Waals surface area contributed by atoms with E-state index in [2.05, 4.69) is 9.72 Å². The lowest BCUT2D eigenvalue weighted by Crippen LogP contribution is -2.47. The first-order valence-corrected chi connectivity index (χ1v) is 11.3. The van der Waals surface area contributed by atoms with Gasteiger partial charge in [-0.1, -0.05) is 0 Å². The highest BCUT2D eigenvalue weighted by molar-refractivity contribution is 5.94. The zero-order valence-corrected chi connectivity index (χ0v) is 19.2. The van der Waals surface area contributed by atoms with E-state index in [4.69, 9.17) is 24.4 Å². The molecule has 1 unspecified atom stereocenters. The second kappa shape index (κ2) is 11.0. The van der Waals surface area contributed by atoms with Crippen LogP contribution in [-0.4, -0.2) is 67.9 Å². The Balaban J connectivity index is 1.59. The van der Waals surface area contributed by atoms with E-state index in [1.54, 1.807) is 6.92 Å². The van der Waals surface area contributed by atoms with E-state index in [-0.39, 0.29) is 48.6 Å². The van der Waals surface area contributed by atoms with Crippen molar-refractivity contribution in [2.75, 3.05) is 32.9 Å². The van der Waals surface area contributed by atoms with Gasteiger partial charge in [0.15, 0.2) is 23.0 Å². The summed E-state index contributed by atoms with van der Waals surface area (Å²) < 4.78 is 52.1. The molecule has 2 atom stereocenters. The van der Waals surface area contributed by atoms with Crippen LogP contribution in [-0.2, 0) is 14.3 Å². The van der Waals surface area contributed by atoms with Crippen molar-refractivity contribution in [1.29, 1.82) is 0 Å². The van der Waals surface area contributed by atoms with E-state index in [9.17, 15) is 18.4 Å². The van der Waals surface area contributed by atoms with Gasteiger partial charge in [0.25, 0.3) is 12.4 Å². The molecule has 4 rings (SSSR count). The van der Waals surface area contributed by atoms with Crippen molar-refractivity contribution < 1.29 is 41.7 Å². The van der Waals surface area contributed by atoms with Gasteiger partial charge in [-0.25, -0.2) is 4.98 Å². The molecular formula is C23H27F2N3O7. The van der Waals surface area contributed by atoms with Crippen molar-refractivity contribution in [1.82, 2.24) is 9.88 Å². The topological polar surface area (TPSA) is 126 Å². The van der Waals surface area contributed by atoms with Crippen molar-refractivity contribution in [3.8, 4) is 23.0 Å². The molecule has 1 aliphatic heterocycles. The van der Waals surface area contributed by atoms with Gasteiger partial charge >= 0.3 is 6.61 Å². The number of aromatic nitrogens is 1. The van der Waals surface area contributed by atoms with Crippen LogP contribution in [0.3, 0.4) is 0 Å². The van der Waals surface area contributed by atoms with Crippen LogP contribution in [0.4, 0.5) is 8.78 Å². The summed E-state index contributed by atoms with van der Waals surface area (Å²) in [5.74, 6) is 0.295. The van der Waals surface area contributed by atoms with Gasteiger partial charge in [-0.2, -0.15) is 8.78 Å². The van der Waals surface area contributed by atoms with Crippen molar-refractivity contribution in [2.45, 2.75) is 38.5 Å². The van der Waals surface area contributed by atoms with Crippen LogP contribution in [0, 0.1) is 5.92 Å². The smallest absolute Gasteiger partial charge is 0.387 e. The standard InChI is InChI=1S/C23H27F2N3O7/c1-13(26)20-19(22(30)28-6-7-32-16(9-28)11-31-12-29)27-21(35-20)15-4-5-17(34-23(24)25)18(8-15)33-10-14-2-3-14/h4-5,8,12-14,16,23H,2-3,6-7,9-11,26H2,1H3/t13-,16?/m0/s1. The average Bonchev–Trinajstić information content (AvgIpc) is 3.56. The van der Waals surface area contributed by atoms with Crippen LogP contribution in [0.2, 0.25) is 0 Å². The van der Waals surface area contributed by atoms with Crippen molar-refractivity contribution in [3.63, 3.8) is 0 Å². The number of hydrogen-bond acceptors (Lipinski definition) is 9. The molecule has 2 N–H and O–H groups in total. The first-order valence-electron chi connectivity index (χ1n) is 11.3. The number of amides is 1. The highest BCUT2D eigenvalue weighted by Gasteiger charge is 2.31. The van der Waals surface area contributed by atoms with Crippen molar-refractivity contribution in [2.24, 2.45) is 11.7 Å². The summed E-state index contributed by atoms with van der Waals surface area (Å²) in [7, 11) is 0. The van der Waals surface area contributed by atoms with Crippen molar-refractivity contribution >= 4 is 12.4 Å². The lowest BCUT2D eigenvalue weighted by atomic mass is 10.2. The summed E-state index contributed by atoms with van der Waals surface area (Å²) in [6.07, 6.45) is 1.59. The number of hydrogen-bond donors (Lipinski definition) is 1. The summed E-state index contributed by atoms with van der Waals surface area (Å²) in [5.41, 5.74) is 6.50. The largest absolute Gasteiger partial charge is 0.489 e. The summed E-state index contributed by atoms with van der Waals surface area (Å²) in [4.78, 5) is 29.7. The molecule has 12 heteroatoms. The Kier molecular flexibility index (Phi) is 7.81. The fourth-order valence-electron chi connectivity index (χ4n) is 3.66. The summed E-state index contributed by atoms with van der Waals surface area (Å²) >= 11 is 0. The predicted octanol–water partition coefficient (Wildman–Crippen LogP) is 2.77. The maximum atomic E-state index is 13.3. The molecule has 2 fully saturated rings. The number of alkyl halides is 2. The summed E-state index contributed by atoms with van der Waals surface area (Å²) in [6.45, 7) is 0.164. The first-order chi connectivity index (χ1) is 16.9. The number of ether oxygens (including phenoxy) is 4. The van der Waals surface area contributed by atoms with E-state index in [1.807, 2.05) is 0 Å². The number of carbonyl (C=O) groups excluding carboxylic acids is 2. The van der Waals surface area contributed by atoms with Gasteiger partial charge in [-0.3, -0.25) is 9.59 Å². The quantitative estimate of drug-likeness (QED) is 0.468. The third-order valence-corrected chi connectivity index (χ3v) is 5.62. The maximum Gasteiger partial charge on any atom is 0.387 e. The number of nitrogens with zero attached hydrogens (tertiary/aromatic N) is 2. The molecule has 0 spiro atoms. The van der Waals surface area contributed by atoms with E-state index in [0.29, 0.717) is 31.1 Å². The van der Waals surface area contributed by atoms with Crippen molar-refractivity contribution in [3.05, 3.63) is 29.7 Å². The van der Waals surface area contributed by atoms with Crippen LogP contribution in [0.1, 0.15) is 42.1 Å². The van der Waals surface area contributed by atoms with E-state index in [1.165, 1.54) is 23.1 Å². The molecule has 2 heterocycles. The molecular weight excluding hydrogens is 468 g/mol. The van der Waals surface area contributed by atoms with Gasteiger partial charge in [0, 0.05) is 12.1 Å². The fraction of sp³-hybridized carbons (Fsp3) is 0.522. The van der Waals surface area contributed by atoms with Crippen LogP contribution >= 0.6 is 0 Å². The zero-order valence-electron chi connectivity index (χ0n) is 19.2. The molecule has 35 heavy (non-hydrogen) atoms. The number of benzene rings is 1.